The van der Waals surface area contributed by atoms with Crippen LogP contribution in [0.3, 0.4) is 0 Å². The Morgan fingerprint density at radius 2 is 1.86 bits per heavy atom. The first kappa shape index (κ1) is 20.1. The summed E-state index contributed by atoms with van der Waals surface area (Å²) in [5.74, 6) is -0.333. The Bertz CT molecular complexity index is 1040. The number of nitro benzene ring substituents is 1. The molecule has 3 rings (SSSR count). The smallest absolute Gasteiger partial charge is 0.310 e. The molecular formula is C21H22N4O4. The zero-order valence-electron chi connectivity index (χ0n) is 16.5. The van der Waals surface area contributed by atoms with Gasteiger partial charge in [-0.1, -0.05) is 24.3 Å². The molecule has 0 aliphatic rings. The fourth-order valence-electron chi connectivity index (χ4n) is 3.05. The van der Waals surface area contributed by atoms with E-state index in [0.717, 1.165) is 23.4 Å². The number of nitrogens with one attached hydrogen (secondary N) is 1. The van der Waals surface area contributed by atoms with Gasteiger partial charge in [-0.25, -0.2) is 0 Å². The highest BCUT2D eigenvalue weighted by Crippen LogP contribution is 2.25. The first-order valence-electron chi connectivity index (χ1n) is 9.09. The molecule has 0 fully saturated rings. The largest absolute Gasteiger partial charge is 0.477 e. The van der Waals surface area contributed by atoms with Gasteiger partial charge in [-0.05, 0) is 37.6 Å². The van der Waals surface area contributed by atoms with Gasteiger partial charge in [0, 0.05) is 36.5 Å². The average Bonchev–Trinajstić information content (AvgIpc) is 2.94. The number of benzene rings is 2. The zero-order chi connectivity index (χ0) is 21.0. The molecule has 0 unspecified atom stereocenters. The number of amides is 1. The minimum atomic E-state index is -0.544. The first-order chi connectivity index (χ1) is 13.8. The summed E-state index contributed by atoms with van der Waals surface area (Å²) in [5.41, 5.74) is 4.90. The quantitative estimate of drug-likeness (QED) is 0.488. The average molecular weight is 394 g/mol. The van der Waals surface area contributed by atoms with Crippen LogP contribution in [0.25, 0.3) is 0 Å². The van der Waals surface area contributed by atoms with E-state index >= 15 is 0 Å². The van der Waals surface area contributed by atoms with Crippen molar-refractivity contribution < 1.29 is 14.5 Å². The second-order valence-electron chi connectivity index (χ2n) is 6.71. The maximum atomic E-state index is 12.1. The second kappa shape index (κ2) is 8.55. The molecule has 1 amide bonds. The molecule has 150 valence electrons. The van der Waals surface area contributed by atoms with Crippen LogP contribution in [0.5, 0.6) is 5.75 Å². The van der Waals surface area contributed by atoms with Gasteiger partial charge in [-0.3, -0.25) is 19.6 Å². The number of aryl methyl sites for hydroxylation is 2. The number of hydrogen-bond acceptors (Lipinski definition) is 5. The normalized spacial score (nSPS) is 10.6. The van der Waals surface area contributed by atoms with Gasteiger partial charge in [0.2, 0.25) is 0 Å². The van der Waals surface area contributed by atoms with Gasteiger partial charge in [-0.2, -0.15) is 5.10 Å². The van der Waals surface area contributed by atoms with Crippen molar-refractivity contribution in [3.05, 3.63) is 81.2 Å². The number of carbonyl (C=O) groups excluding carboxylic acids is 1. The lowest BCUT2D eigenvalue weighted by Gasteiger charge is -2.09. The van der Waals surface area contributed by atoms with Crippen LogP contribution < -0.4 is 10.1 Å². The summed E-state index contributed by atoms with van der Waals surface area (Å²) in [6.45, 7) is 3.72. The number of anilines is 1. The van der Waals surface area contributed by atoms with E-state index in [0.29, 0.717) is 5.69 Å². The second-order valence-corrected chi connectivity index (χ2v) is 6.71. The van der Waals surface area contributed by atoms with Crippen LogP contribution in [0.15, 0.2) is 48.5 Å². The fraction of sp³-hybridized carbons (Fsp3) is 0.238. The van der Waals surface area contributed by atoms with Crippen LogP contribution in [0.1, 0.15) is 22.5 Å². The molecule has 3 aromatic rings. The molecular weight excluding hydrogens is 372 g/mol. The van der Waals surface area contributed by atoms with Crippen molar-refractivity contribution in [1.29, 1.82) is 0 Å². The van der Waals surface area contributed by atoms with Crippen LogP contribution in [0.4, 0.5) is 11.4 Å². The minimum Gasteiger partial charge on any atom is -0.477 e. The number of para-hydroxylation sites is 2. The Hall–Kier alpha value is -3.68. The topological polar surface area (TPSA) is 99.3 Å². The predicted octanol–water partition coefficient (Wildman–Crippen LogP) is 3.55. The van der Waals surface area contributed by atoms with E-state index in [1.54, 1.807) is 12.1 Å². The Labute approximate surface area is 168 Å². The van der Waals surface area contributed by atoms with Gasteiger partial charge in [-0.15, -0.1) is 0 Å². The number of nitrogens with zero attached hydrogens (tertiary/aromatic N) is 3. The van der Waals surface area contributed by atoms with E-state index in [1.807, 2.05) is 49.8 Å². The molecule has 29 heavy (non-hydrogen) atoms. The molecule has 8 nitrogen and oxygen atoms in total. The minimum absolute atomic E-state index is 0.0604. The van der Waals surface area contributed by atoms with Gasteiger partial charge in [0.1, 0.15) is 0 Å². The van der Waals surface area contributed by atoms with Crippen LogP contribution in [0.2, 0.25) is 0 Å². The van der Waals surface area contributed by atoms with E-state index in [-0.39, 0.29) is 18.0 Å². The zero-order valence-corrected chi connectivity index (χ0v) is 16.5. The lowest BCUT2D eigenvalue weighted by molar-refractivity contribution is -0.385. The third-order valence-corrected chi connectivity index (χ3v) is 4.70. The maximum absolute atomic E-state index is 12.1. The summed E-state index contributed by atoms with van der Waals surface area (Å²) >= 11 is 0. The Balaban J connectivity index is 1.58. The SMILES string of the molecule is Cc1nn(C)c(C)c1Cc1ccc(NC(=O)COc2ccccc2[N+](=O)[O-])cc1. The van der Waals surface area contributed by atoms with E-state index in [2.05, 4.69) is 10.4 Å². The van der Waals surface area contributed by atoms with Crippen molar-refractivity contribution in [3.8, 4) is 5.75 Å². The standard InChI is InChI=1S/C21H22N4O4/c1-14-18(15(2)24(3)23-14)12-16-8-10-17(11-9-16)22-21(26)13-29-20-7-5-4-6-19(20)25(27)28/h4-11H,12-13H2,1-3H3,(H,22,26). The highest BCUT2D eigenvalue weighted by molar-refractivity contribution is 5.91. The molecule has 0 aliphatic heterocycles. The molecule has 0 radical (unpaired) electrons. The lowest BCUT2D eigenvalue weighted by Crippen LogP contribution is -2.20. The molecule has 0 saturated heterocycles. The molecule has 1 heterocycles. The van der Waals surface area contributed by atoms with Crippen molar-refractivity contribution in [3.63, 3.8) is 0 Å². The first-order valence-corrected chi connectivity index (χ1v) is 9.09. The van der Waals surface area contributed by atoms with E-state index in [9.17, 15) is 14.9 Å². The highest BCUT2D eigenvalue weighted by atomic mass is 16.6. The van der Waals surface area contributed by atoms with Crippen molar-refractivity contribution >= 4 is 17.3 Å². The molecule has 0 spiro atoms. The Morgan fingerprint density at radius 1 is 1.17 bits per heavy atom. The van der Waals surface area contributed by atoms with E-state index in [1.165, 1.54) is 17.7 Å². The van der Waals surface area contributed by atoms with Gasteiger partial charge < -0.3 is 10.1 Å². The van der Waals surface area contributed by atoms with Crippen LogP contribution >= 0.6 is 0 Å². The lowest BCUT2D eigenvalue weighted by atomic mass is 10.0. The van der Waals surface area contributed by atoms with Crippen LogP contribution in [-0.2, 0) is 18.3 Å². The summed E-state index contributed by atoms with van der Waals surface area (Å²) in [5, 5.41) is 18.1. The summed E-state index contributed by atoms with van der Waals surface area (Å²) in [4.78, 5) is 22.6. The molecule has 0 bridgehead atoms. The van der Waals surface area contributed by atoms with Crippen molar-refractivity contribution in [2.24, 2.45) is 7.05 Å². The molecule has 1 aromatic heterocycles. The molecule has 8 heteroatoms. The number of ether oxygens (including phenoxy) is 1. The number of nitro groups is 1. The summed E-state index contributed by atoms with van der Waals surface area (Å²) in [7, 11) is 1.93. The highest BCUT2D eigenvalue weighted by Gasteiger charge is 2.15. The van der Waals surface area contributed by atoms with Gasteiger partial charge in [0.05, 0.1) is 10.6 Å². The fourth-order valence-corrected chi connectivity index (χ4v) is 3.05. The predicted molar refractivity (Wildman–Crippen MR) is 109 cm³/mol. The third kappa shape index (κ3) is 4.78. The number of rotatable bonds is 7. The summed E-state index contributed by atoms with van der Waals surface area (Å²) < 4.78 is 7.17. The van der Waals surface area contributed by atoms with Crippen molar-refractivity contribution in [1.82, 2.24) is 9.78 Å². The molecule has 0 aliphatic carbocycles. The Morgan fingerprint density at radius 3 is 2.48 bits per heavy atom. The third-order valence-electron chi connectivity index (χ3n) is 4.70. The number of hydrogen-bond donors (Lipinski definition) is 1. The molecule has 0 saturated carbocycles. The van der Waals surface area contributed by atoms with E-state index in [4.69, 9.17) is 4.74 Å². The molecule has 2 aromatic carbocycles. The molecule has 0 atom stereocenters. The van der Waals surface area contributed by atoms with Crippen molar-refractivity contribution in [2.45, 2.75) is 20.3 Å². The van der Waals surface area contributed by atoms with Gasteiger partial charge >= 0.3 is 5.69 Å². The van der Waals surface area contributed by atoms with Crippen LogP contribution in [0, 0.1) is 24.0 Å². The monoisotopic (exact) mass is 394 g/mol. The van der Waals surface area contributed by atoms with Gasteiger partial charge in [0.25, 0.3) is 5.91 Å². The van der Waals surface area contributed by atoms with Crippen molar-refractivity contribution in [2.75, 3.05) is 11.9 Å². The summed E-state index contributed by atoms with van der Waals surface area (Å²) in [6, 6.07) is 13.5. The Kier molecular flexibility index (Phi) is 5.92. The van der Waals surface area contributed by atoms with E-state index < -0.39 is 10.8 Å². The van der Waals surface area contributed by atoms with Gasteiger partial charge in [0.15, 0.2) is 12.4 Å². The maximum Gasteiger partial charge on any atom is 0.310 e. The number of aromatic nitrogens is 2. The van der Waals surface area contributed by atoms with Crippen LogP contribution in [-0.4, -0.2) is 27.2 Å². The summed E-state index contributed by atoms with van der Waals surface area (Å²) in [6.07, 6.45) is 0.764. The number of carbonyl (C=O) groups is 1. The molecule has 1 N–H and O–H groups in total.